The fraction of sp³-hybridized carbons (Fsp3) is 0.357. The van der Waals surface area contributed by atoms with Gasteiger partial charge in [-0.15, -0.1) is 10.2 Å². The monoisotopic (exact) mass is 287 g/mol. The Morgan fingerprint density at radius 1 is 1.29 bits per heavy atom. The molecule has 0 amide bonds. The minimum Gasteiger partial charge on any atom is -0.366 e. The van der Waals surface area contributed by atoms with Crippen molar-refractivity contribution in [3.63, 3.8) is 0 Å². The molecule has 0 radical (unpaired) electrons. The Bertz CT molecular complexity index is 608. The fourth-order valence-corrected chi connectivity index (χ4v) is 2.29. The van der Waals surface area contributed by atoms with Crippen molar-refractivity contribution in [2.75, 3.05) is 37.4 Å². The lowest BCUT2D eigenvalue weighted by Gasteiger charge is -2.33. The fourth-order valence-electron chi connectivity index (χ4n) is 2.29. The van der Waals surface area contributed by atoms with Crippen molar-refractivity contribution in [1.82, 2.24) is 15.2 Å². The first-order valence-electron chi connectivity index (χ1n) is 6.73. The van der Waals surface area contributed by atoms with Crippen LogP contribution in [0.4, 0.5) is 11.8 Å². The van der Waals surface area contributed by atoms with Crippen LogP contribution in [0.15, 0.2) is 30.3 Å². The topological polar surface area (TPSA) is 86.4 Å². The summed E-state index contributed by atoms with van der Waals surface area (Å²) < 4.78 is 10.7. The smallest absolute Gasteiger partial charge is 0.240 e. The Kier molecular flexibility index (Phi) is 3.94. The molecular formula is C14H17N5O2. The molecule has 110 valence electrons. The number of benzene rings is 1. The average Bonchev–Trinajstić information content (AvgIpc) is 2.55. The van der Waals surface area contributed by atoms with Gasteiger partial charge in [-0.05, 0) is 0 Å². The van der Waals surface area contributed by atoms with Crippen molar-refractivity contribution in [2.45, 2.75) is 6.29 Å². The van der Waals surface area contributed by atoms with Gasteiger partial charge in [0.2, 0.25) is 5.95 Å². The molecule has 7 heteroatoms. The van der Waals surface area contributed by atoms with Gasteiger partial charge in [-0.2, -0.15) is 0 Å². The highest BCUT2D eigenvalue weighted by atomic mass is 16.7. The van der Waals surface area contributed by atoms with Crippen LogP contribution in [-0.4, -0.2) is 48.3 Å². The van der Waals surface area contributed by atoms with E-state index in [4.69, 9.17) is 15.2 Å². The van der Waals surface area contributed by atoms with Crippen molar-refractivity contribution >= 4 is 11.8 Å². The van der Waals surface area contributed by atoms with E-state index in [1.165, 1.54) is 0 Å². The molecule has 1 saturated heterocycles. The van der Waals surface area contributed by atoms with Crippen LogP contribution in [0.25, 0.3) is 11.3 Å². The molecule has 1 aliphatic rings. The molecule has 1 unspecified atom stereocenters. The highest BCUT2D eigenvalue weighted by molar-refractivity contribution is 5.72. The van der Waals surface area contributed by atoms with E-state index in [1.807, 2.05) is 30.3 Å². The first-order chi connectivity index (χ1) is 10.3. The predicted octanol–water partition coefficient (Wildman–Crippen LogP) is 0.930. The van der Waals surface area contributed by atoms with E-state index in [0.717, 1.165) is 11.3 Å². The first kappa shape index (κ1) is 13.7. The molecule has 0 aliphatic carbocycles. The van der Waals surface area contributed by atoms with Crippen molar-refractivity contribution in [1.29, 1.82) is 0 Å². The molecule has 0 saturated carbocycles. The maximum atomic E-state index is 5.70. The largest absolute Gasteiger partial charge is 0.366 e. The molecule has 0 bridgehead atoms. The van der Waals surface area contributed by atoms with Crippen molar-refractivity contribution in [3.8, 4) is 11.3 Å². The number of nitrogen functional groups attached to an aromatic ring is 1. The number of aromatic nitrogens is 3. The van der Waals surface area contributed by atoms with Gasteiger partial charge in [-0.1, -0.05) is 30.3 Å². The van der Waals surface area contributed by atoms with Gasteiger partial charge in [0.1, 0.15) is 5.69 Å². The van der Waals surface area contributed by atoms with E-state index in [9.17, 15) is 0 Å². The zero-order valence-corrected chi connectivity index (χ0v) is 11.8. The summed E-state index contributed by atoms with van der Waals surface area (Å²) in [6, 6.07) is 9.81. The second kappa shape index (κ2) is 6.02. The average molecular weight is 287 g/mol. The lowest BCUT2D eigenvalue weighted by molar-refractivity contribution is -0.128. The molecule has 1 aromatic heterocycles. The molecule has 3 rings (SSSR count). The van der Waals surface area contributed by atoms with Gasteiger partial charge in [0.25, 0.3) is 0 Å². The molecule has 1 aromatic carbocycles. The number of hydrogen-bond donors (Lipinski definition) is 1. The molecule has 7 nitrogen and oxygen atoms in total. The number of methoxy groups -OCH3 is 1. The normalized spacial score (nSPS) is 18.7. The van der Waals surface area contributed by atoms with Crippen molar-refractivity contribution in [3.05, 3.63) is 30.3 Å². The summed E-state index contributed by atoms with van der Waals surface area (Å²) in [5.41, 5.74) is 7.37. The van der Waals surface area contributed by atoms with E-state index in [-0.39, 0.29) is 12.2 Å². The molecule has 2 aromatic rings. The second-order valence-corrected chi connectivity index (χ2v) is 4.69. The van der Waals surface area contributed by atoms with Gasteiger partial charge in [-0.25, -0.2) is 4.98 Å². The van der Waals surface area contributed by atoms with Gasteiger partial charge < -0.3 is 20.1 Å². The third kappa shape index (κ3) is 2.93. The summed E-state index contributed by atoms with van der Waals surface area (Å²) in [6.45, 7) is 1.86. The lowest BCUT2D eigenvalue weighted by Crippen LogP contribution is -2.44. The highest BCUT2D eigenvalue weighted by Crippen LogP contribution is 2.28. The maximum absolute atomic E-state index is 5.70. The van der Waals surface area contributed by atoms with Crippen LogP contribution in [-0.2, 0) is 9.47 Å². The zero-order chi connectivity index (χ0) is 14.7. The zero-order valence-electron chi connectivity index (χ0n) is 11.8. The Balaban J connectivity index is 1.98. The number of rotatable bonds is 3. The van der Waals surface area contributed by atoms with Crippen LogP contribution in [0, 0.1) is 0 Å². The Hall–Kier alpha value is -2.25. The molecule has 1 fully saturated rings. The molecule has 21 heavy (non-hydrogen) atoms. The summed E-state index contributed by atoms with van der Waals surface area (Å²) in [5, 5.41) is 8.11. The van der Waals surface area contributed by atoms with Crippen LogP contribution in [0.1, 0.15) is 0 Å². The predicted molar refractivity (Wildman–Crippen MR) is 78.6 cm³/mol. The third-order valence-corrected chi connectivity index (χ3v) is 3.33. The SMILES string of the molecule is COC1CN(c2nnc(N)nc2-c2ccccc2)CCO1. The Morgan fingerprint density at radius 2 is 2.10 bits per heavy atom. The van der Waals surface area contributed by atoms with E-state index in [1.54, 1.807) is 7.11 Å². The van der Waals surface area contributed by atoms with Gasteiger partial charge in [0, 0.05) is 19.2 Å². The summed E-state index contributed by atoms with van der Waals surface area (Å²) in [6.07, 6.45) is -0.276. The van der Waals surface area contributed by atoms with Crippen molar-refractivity contribution < 1.29 is 9.47 Å². The third-order valence-electron chi connectivity index (χ3n) is 3.33. The van der Waals surface area contributed by atoms with Crippen molar-refractivity contribution in [2.24, 2.45) is 0 Å². The number of ether oxygens (including phenoxy) is 2. The van der Waals surface area contributed by atoms with Crippen LogP contribution >= 0.6 is 0 Å². The molecule has 0 spiro atoms. The second-order valence-electron chi connectivity index (χ2n) is 4.69. The van der Waals surface area contributed by atoms with Crippen LogP contribution < -0.4 is 10.6 Å². The summed E-state index contributed by atoms with van der Waals surface area (Å²) >= 11 is 0. The molecular weight excluding hydrogens is 270 g/mol. The van der Waals surface area contributed by atoms with E-state index < -0.39 is 0 Å². The molecule has 2 heterocycles. The van der Waals surface area contributed by atoms with E-state index >= 15 is 0 Å². The number of morpholine rings is 1. The summed E-state index contributed by atoms with van der Waals surface area (Å²) in [7, 11) is 1.62. The van der Waals surface area contributed by atoms with Crippen LogP contribution in [0.3, 0.4) is 0 Å². The quantitative estimate of drug-likeness (QED) is 0.898. The summed E-state index contributed by atoms with van der Waals surface area (Å²) in [4.78, 5) is 6.41. The number of nitrogens with zero attached hydrogens (tertiary/aromatic N) is 4. The van der Waals surface area contributed by atoms with E-state index in [0.29, 0.717) is 25.5 Å². The number of hydrogen-bond acceptors (Lipinski definition) is 7. The molecule has 2 N–H and O–H groups in total. The molecule has 1 aliphatic heterocycles. The van der Waals surface area contributed by atoms with Crippen LogP contribution in [0.5, 0.6) is 0 Å². The van der Waals surface area contributed by atoms with Gasteiger partial charge in [-0.3, -0.25) is 0 Å². The number of anilines is 2. The minimum absolute atomic E-state index is 0.161. The lowest BCUT2D eigenvalue weighted by atomic mass is 10.1. The van der Waals surface area contributed by atoms with Crippen LogP contribution in [0.2, 0.25) is 0 Å². The minimum atomic E-state index is -0.276. The highest BCUT2D eigenvalue weighted by Gasteiger charge is 2.24. The van der Waals surface area contributed by atoms with Gasteiger partial charge in [0.15, 0.2) is 12.1 Å². The Labute approximate surface area is 122 Å². The Morgan fingerprint density at radius 3 is 2.86 bits per heavy atom. The maximum Gasteiger partial charge on any atom is 0.240 e. The van der Waals surface area contributed by atoms with Gasteiger partial charge in [0.05, 0.1) is 13.2 Å². The van der Waals surface area contributed by atoms with Gasteiger partial charge >= 0.3 is 0 Å². The molecule has 1 atom stereocenters. The summed E-state index contributed by atoms with van der Waals surface area (Å²) in [5.74, 6) is 0.856. The number of nitrogens with two attached hydrogens (primary N) is 1. The first-order valence-corrected chi connectivity index (χ1v) is 6.73. The standard InChI is InChI=1S/C14H17N5O2/c1-20-11-9-19(7-8-21-11)13-12(16-14(15)18-17-13)10-5-3-2-4-6-10/h2-6,11H,7-9H2,1H3,(H2,15,16,18). The van der Waals surface area contributed by atoms with E-state index in [2.05, 4.69) is 20.1 Å².